The highest BCUT2D eigenvalue weighted by atomic mass is 16.2. The molecule has 0 aromatic heterocycles. The molecule has 18 heavy (non-hydrogen) atoms. The van der Waals surface area contributed by atoms with Crippen molar-refractivity contribution in [3.8, 4) is 0 Å². The SMILES string of the molecule is O=C1N(C2CCCCC2)CCN1C1CCCCC1. The lowest BCUT2D eigenvalue weighted by molar-refractivity contribution is 0.145. The van der Waals surface area contributed by atoms with Gasteiger partial charge in [0, 0.05) is 25.2 Å². The van der Waals surface area contributed by atoms with E-state index in [9.17, 15) is 4.79 Å². The molecule has 0 N–H and O–H groups in total. The number of amides is 2. The van der Waals surface area contributed by atoms with Gasteiger partial charge in [-0.15, -0.1) is 0 Å². The predicted octanol–water partition coefficient (Wildman–Crippen LogP) is 3.39. The molecule has 2 saturated carbocycles. The van der Waals surface area contributed by atoms with Gasteiger partial charge < -0.3 is 9.80 Å². The number of hydrogen-bond acceptors (Lipinski definition) is 1. The fourth-order valence-electron chi connectivity index (χ4n) is 4.03. The molecule has 102 valence electrons. The summed E-state index contributed by atoms with van der Waals surface area (Å²) in [7, 11) is 0. The Kier molecular flexibility index (Phi) is 3.76. The molecule has 2 aliphatic carbocycles. The number of carbonyl (C=O) groups is 1. The van der Waals surface area contributed by atoms with Crippen LogP contribution in [0.25, 0.3) is 0 Å². The molecule has 0 aromatic carbocycles. The van der Waals surface area contributed by atoms with Crippen molar-refractivity contribution < 1.29 is 4.79 Å². The minimum atomic E-state index is 0.355. The molecule has 3 aliphatic rings. The second-order valence-electron chi connectivity index (χ2n) is 6.25. The standard InChI is InChI=1S/C15H26N2O/c18-15-16(13-7-3-1-4-8-13)11-12-17(15)14-9-5-2-6-10-14/h13-14H,1-12H2. The van der Waals surface area contributed by atoms with Gasteiger partial charge in [0.2, 0.25) is 0 Å². The summed E-state index contributed by atoms with van der Waals surface area (Å²) in [5.74, 6) is 0. The van der Waals surface area contributed by atoms with E-state index in [4.69, 9.17) is 0 Å². The van der Waals surface area contributed by atoms with Gasteiger partial charge in [0.15, 0.2) is 0 Å². The maximum atomic E-state index is 12.6. The molecule has 2 amide bonds. The molecular formula is C15H26N2O. The van der Waals surface area contributed by atoms with Gasteiger partial charge in [0.1, 0.15) is 0 Å². The van der Waals surface area contributed by atoms with Gasteiger partial charge in [0.25, 0.3) is 0 Å². The van der Waals surface area contributed by atoms with Crippen LogP contribution >= 0.6 is 0 Å². The van der Waals surface area contributed by atoms with Gasteiger partial charge in [-0.2, -0.15) is 0 Å². The molecule has 1 heterocycles. The Bertz CT molecular complexity index is 265. The highest BCUT2D eigenvalue weighted by Gasteiger charge is 2.37. The molecule has 0 spiro atoms. The summed E-state index contributed by atoms with van der Waals surface area (Å²) in [5.41, 5.74) is 0. The first kappa shape index (κ1) is 12.3. The van der Waals surface area contributed by atoms with Crippen LogP contribution in [0.5, 0.6) is 0 Å². The quantitative estimate of drug-likeness (QED) is 0.737. The number of rotatable bonds is 2. The Morgan fingerprint density at radius 3 is 1.44 bits per heavy atom. The van der Waals surface area contributed by atoms with Gasteiger partial charge in [-0.1, -0.05) is 38.5 Å². The fraction of sp³-hybridized carbons (Fsp3) is 0.933. The third-order valence-electron chi connectivity index (χ3n) is 5.10. The molecule has 0 atom stereocenters. The summed E-state index contributed by atoms with van der Waals surface area (Å²) < 4.78 is 0. The molecule has 0 bridgehead atoms. The van der Waals surface area contributed by atoms with Crippen molar-refractivity contribution >= 4 is 6.03 Å². The van der Waals surface area contributed by atoms with E-state index in [0.717, 1.165) is 13.1 Å². The van der Waals surface area contributed by atoms with Crippen LogP contribution in [0, 0.1) is 0 Å². The molecule has 3 rings (SSSR count). The van der Waals surface area contributed by atoms with E-state index in [1.165, 1.54) is 64.2 Å². The normalized spacial score (nSPS) is 28.1. The average molecular weight is 250 g/mol. The lowest BCUT2D eigenvalue weighted by Crippen LogP contribution is -2.44. The average Bonchev–Trinajstić information content (AvgIpc) is 2.83. The molecule has 1 aliphatic heterocycles. The minimum absolute atomic E-state index is 0.355. The Morgan fingerprint density at radius 1 is 0.667 bits per heavy atom. The first-order valence-electron chi connectivity index (χ1n) is 7.93. The monoisotopic (exact) mass is 250 g/mol. The molecule has 3 nitrogen and oxygen atoms in total. The van der Waals surface area contributed by atoms with E-state index in [2.05, 4.69) is 9.80 Å². The third-order valence-corrected chi connectivity index (χ3v) is 5.10. The largest absolute Gasteiger partial charge is 0.320 e. The zero-order valence-corrected chi connectivity index (χ0v) is 11.4. The highest BCUT2D eigenvalue weighted by molar-refractivity contribution is 5.77. The van der Waals surface area contributed by atoms with Crippen molar-refractivity contribution in [2.24, 2.45) is 0 Å². The van der Waals surface area contributed by atoms with E-state index in [1.807, 2.05) is 0 Å². The van der Waals surface area contributed by atoms with Crippen LogP contribution in [0.4, 0.5) is 4.79 Å². The maximum Gasteiger partial charge on any atom is 0.320 e. The van der Waals surface area contributed by atoms with Crippen molar-refractivity contribution in [3.05, 3.63) is 0 Å². The lowest BCUT2D eigenvalue weighted by Gasteiger charge is -2.34. The van der Waals surface area contributed by atoms with E-state index in [-0.39, 0.29) is 0 Å². The van der Waals surface area contributed by atoms with Crippen LogP contribution in [0.15, 0.2) is 0 Å². The van der Waals surface area contributed by atoms with E-state index in [1.54, 1.807) is 0 Å². The van der Waals surface area contributed by atoms with Crippen LogP contribution in [0.2, 0.25) is 0 Å². The van der Waals surface area contributed by atoms with Gasteiger partial charge in [0.05, 0.1) is 0 Å². The summed E-state index contributed by atoms with van der Waals surface area (Å²) in [6.45, 7) is 1.97. The highest BCUT2D eigenvalue weighted by Crippen LogP contribution is 2.29. The third kappa shape index (κ3) is 2.36. The van der Waals surface area contributed by atoms with Crippen LogP contribution in [0.3, 0.4) is 0 Å². The van der Waals surface area contributed by atoms with Crippen molar-refractivity contribution in [2.45, 2.75) is 76.3 Å². The van der Waals surface area contributed by atoms with Crippen LogP contribution in [0.1, 0.15) is 64.2 Å². The van der Waals surface area contributed by atoms with Crippen molar-refractivity contribution in [2.75, 3.05) is 13.1 Å². The van der Waals surface area contributed by atoms with Gasteiger partial charge >= 0.3 is 6.03 Å². The molecule has 3 fully saturated rings. The fourth-order valence-corrected chi connectivity index (χ4v) is 4.03. The van der Waals surface area contributed by atoms with Crippen molar-refractivity contribution in [1.82, 2.24) is 9.80 Å². The maximum absolute atomic E-state index is 12.6. The zero-order chi connectivity index (χ0) is 12.4. The molecule has 0 unspecified atom stereocenters. The van der Waals surface area contributed by atoms with Gasteiger partial charge in [-0.05, 0) is 25.7 Å². The van der Waals surface area contributed by atoms with Gasteiger partial charge in [-0.25, -0.2) is 4.79 Å². The molecular weight excluding hydrogens is 224 g/mol. The van der Waals surface area contributed by atoms with E-state index < -0.39 is 0 Å². The van der Waals surface area contributed by atoms with Gasteiger partial charge in [-0.3, -0.25) is 0 Å². The molecule has 0 radical (unpaired) electrons. The Balaban J connectivity index is 1.60. The van der Waals surface area contributed by atoms with Crippen molar-refractivity contribution in [1.29, 1.82) is 0 Å². The number of urea groups is 1. The summed E-state index contributed by atoms with van der Waals surface area (Å²) in [6.07, 6.45) is 13.0. The number of hydrogen-bond donors (Lipinski definition) is 0. The Hall–Kier alpha value is -0.730. The van der Waals surface area contributed by atoms with E-state index in [0.29, 0.717) is 18.1 Å². The van der Waals surface area contributed by atoms with Crippen LogP contribution < -0.4 is 0 Å². The predicted molar refractivity (Wildman–Crippen MR) is 72.6 cm³/mol. The Morgan fingerprint density at radius 2 is 1.06 bits per heavy atom. The number of carbonyl (C=O) groups excluding carboxylic acids is 1. The second-order valence-corrected chi connectivity index (χ2v) is 6.25. The lowest BCUT2D eigenvalue weighted by atomic mass is 9.94. The summed E-state index contributed by atoms with van der Waals surface area (Å²) in [6, 6.07) is 1.47. The molecule has 3 heteroatoms. The first-order valence-corrected chi connectivity index (χ1v) is 7.93. The topological polar surface area (TPSA) is 23.6 Å². The minimum Gasteiger partial charge on any atom is -0.320 e. The van der Waals surface area contributed by atoms with Crippen molar-refractivity contribution in [3.63, 3.8) is 0 Å². The smallest absolute Gasteiger partial charge is 0.320 e. The van der Waals surface area contributed by atoms with Crippen LogP contribution in [-0.4, -0.2) is 41.0 Å². The molecule has 1 saturated heterocycles. The van der Waals surface area contributed by atoms with E-state index >= 15 is 0 Å². The first-order chi connectivity index (χ1) is 8.86. The number of nitrogens with zero attached hydrogens (tertiary/aromatic N) is 2. The Labute approximate surface area is 111 Å². The van der Waals surface area contributed by atoms with Crippen LogP contribution in [-0.2, 0) is 0 Å². The summed E-state index contributed by atoms with van der Waals surface area (Å²) >= 11 is 0. The summed E-state index contributed by atoms with van der Waals surface area (Å²) in [5, 5.41) is 0. The molecule has 0 aromatic rings. The zero-order valence-electron chi connectivity index (χ0n) is 11.4. The summed E-state index contributed by atoms with van der Waals surface area (Å²) in [4.78, 5) is 16.9. The second kappa shape index (κ2) is 5.50.